The second kappa shape index (κ2) is 10.4. The summed E-state index contributed by atoms with van der Waals surface area (Å²) in [7, 11) is 16.4. The molecule has 0 fully saturated rings. The summed E-state index contributed by atoms with van der Waals surface area (Å²) in [5.41, 5.74) is 7.77. The average molecular weight is 704 g/mol. The average Bonchev–Trinajstić information content (AvgIpc) is 3.45. The third-order valence-corrected chi connectivity index (χ3v) is 61.5. The maximum absolute atomic E-state index is 15.0. The van der Waals surface area contributed by atoms with Crippen molar-refractivity contribution in [3.05, 3.63) is 129 Å². The Labute approximate surface area is 252 Å². The van der Waals surface area contributed by atoms with Crippen LogP contribution in [0.25, 0.3) is 34.4 Å². The predicted molar refractivity (Wildman–Crippen MR) is 167 cm³/mol. The standard InChI is InChI=1S/2C16H11F2.C2H7Si.2ClH.Zr/c2*1-10-7-11-3-2-4-13(15(11)8-10)14-6-5-12(17)9-16(14)18;1-3-2;;;/h2*2-9H,1H3;3H,1-2H3;2*1H;/q;;;;;+2/p-2. The minimum absolute atomic E-state index is 0.217. The van der Waals surface area contributed by atoms with Crippen molar-refractivity contribution in [1.82, 2.24) is 0 Å². The Morgan fingerprint density at radius 2 is 1.00 bits per heavy atom. The molecule has 8 heteroatoms. The number of fused-ring (bicyclic) bond motifs is 2. The van der Waals surface area contributed by atoms with Crippen molar-refractivity contribution >= 4 is 35.1 Å². The van der Waals surface area contributed by atoms with Gasteiger partial charge in [-0.3, -0.25) is 0 Å². The molecule has 0 aromatic heterocycles. The molecule has 2 unspecified atom stereocenters. The summed E-state index contributed by atoms with van der Waals surface area (Å²) in [6.45, 7) is 8.52. The number of hydrogen-bond donors (Lipinski definition) is 0. The molecule has 0 bridgehead atoms. The van der Waals surface area contributed by atoms with Crippen molar-refractivity contribution in [2.45, 2.75) is 34.2 Å². The fraction of sp³-hybridized carbons (Fsp3) is 0.176. The number of benzene rings is 4. The molecule has 2 aliphatic rings. The first-order valence-corrected chi connectivity index (χ1v) is 30.2. The molecule has 6 rings (SSSR count). The zero-order chi connectivity index (χ0) is 30.2. The fourth-order valence-electron chi connectivity index (χ4n) is 7.29. The first kappa shape index (κ1) is 29.8. The summed E-state index contributed by atoms with van der Waals surface area (Å²) >= 11 is -5.00. The van der Waals surface area contributed by atoms with Gasteiger partial charge in [-0.05, 0) is 0 Å². The first-order chi connectivity index (χ1) is 19.8. The summed E-state index contributed by atoms with van der Waals surface area (Å²) in [5, 5.41) is 0. The quantitative estimate of drug-likeness (QED) is 0.143. The predicted octanol–water partition coefficient (Wildman–Crippen LogP) is 11.2. The zero-order valence-electron chi connectivity index (χ0n) is 23.6. The van der Waals surface area contributed by atoms with E-state index in [1.165, 1.54) is 24.3 Å². The third kappa shape index (κ3) is 4.39. The Morgan fingerprint density at radius 3 is 1.36 bits per heavy atom. The Bertz CT molecular complexity index is 1720. The first-order valence-electron chi connectivity index (χ1n) is 13.9. The van der Waals surface area contributed by atoms with Gasteiger partial charge < -0.3 is 0 Å². The van der Waals surface area contributed by atoms with Crippen LogP contribution in [-0.4, -0.2) is 5.92 Å². The molecule has 215 valence electrons. The van der Waals surface area contributed by atoms with Gasteiger partial charge in [0.05, 0.1) is 0 Å². The molecule has 42 heavy (non-hydrogen) atoms. The van der Waals surface area contributed by atoms with Crippen LogP contribution in [0.2, 0.25) is 13.1 Å². The molecule has 0 saturated heterocycles. The topological polar surface area (TPSA) is 0 Å². The van der Waals surface area contributed by atoms with Crippen molar-refractivity contribution < 1.29 is 33.1 Å². The number of rotatable bonds is 5. The Morgan fingerprint density at radius 1 is 0.595 bits per heavy atom. The van der Waals surface area contributed by atoms with Crippen LogP contribution in [0, 0.1) is 23.3 Å². The van der Waals surface area contributed by atoms with Crippen molar-refractivity contribution in [1.29, 1.82) is 0 Å². The van der Waals surface area contributed by atoms with Crippen molar-refractivity contribution in [2.75, 3.05) is 0 Å². The third-order valence-electron chi connectivity index (χ3n) is 9.21. The van der Waals surface area contributed by atoms with Gasteiger partial charge in [-0.15, -0.1) is 0 Å². The van der Waals surface area contributed by atoms with Crippen molar-refractivity contribution in [3.63, 3.8) is 0 Å². The SMILES string of the molecule is CC1=Cc2c(-c3ccc(F)cc3F)cccc2[CH]1[Zr]([Cl])([Cl])([CH]1C(C)=Cc2c(-c3ccc(F)cc3F)cccc21)[SiH](C)C. The monoisotopic (exact) mass is 701 g/mol. The van der Waals surface area contributed by atoms with Gasteiger partial charge in [0.1, 0.15) is 0 Å². The normalized spacial score (nSPS) is 18.8. The summed E-state index contributed by atoms with van der Waals surface area (Å²) in [5.74, 6) is -4.32. The molecule has 0 heterocycles. The van der Waals surface area contributed by atoms with E-state index >= 15 is 0 Å². The van der Waals surface area contributed by atoms with E-state index in [1.807, 2.05) is 50.2 Å². The molecule has 2 atom stereocenters. The molecular formula is C34H29Cl2F4SiZr. The van der Waals surface area contributed by atoms with E-state index in [4.69, 9.17) is 17.0 Å². The zero-order valence-corrected chi connectivity index (χ0v) is 28.7. The molecule has 0 aliphatic heterocycles. The second-order valence-corrected chi connectivity index (χ2v) is 54.4. The molecule has 0 spiro atoms. The number of allylic oxidation sites excluding steroid dienone is 2. The van der Waals surface area contributed by atoms with Crippen molar-refractivity contribution in [2.24, 2.45) is 0 Å². The summed E-state index contributed by atoms with van der Waals surface area (Å²) in [6.07, 6.45) is 4.12. The molecule has 2 aliphatic carbocycles. The van der Waals surface area contributed by atoms with Gasteiger partial charge in [0, 0.05) is 0 Å². The Kier molecular flexibility index (Phi) is 7.41. The molecule has 4 aromatic carbocycles. The molecule has 4 aromatic rings. The van der Waals surface area contributed by atoms with E-state index in [0.29, 0.717) is 22.3 Å². The molecule has 0 saturated carbocycles. The van der Waals surface area contributed by atoms with Gasteiger partial charge in [-0.2, -0.15) is 0 Å². The van der Waals surface area contributed by atoms with Crippen molar-refractivity contribution in [3.8, 4) is 22.3 Å². The Balaban J connectivity index is 1.55. The van der Waals surface area contributed by atoms with Crippen LogP contribution in [0.4, 0.5) is 17.6 Å². The fourth-order valence-corrected chi connectivity index (χ4v) is 40.2. The van der Waals surface area contributed by atoms with Crippen LogP contribution in [0.1, 0.15) is 43.4 Å². The minimum atomic E-state index is -5.00. The number of hydrogen-bond acceptors (Lipinski definition) is 0. The van der Waals surface area contributed by atoms with Gasteiger partial charge >= 0.3 is 254 Å². The van der Waals surface area contributed by atoms with E-state index in [9.17, 15) is 17.6 Å². The van der Waals surface area contributed by atoms with Crippen LogP contribution < -0.4 is 0 Å². The van der Waals surface area contributed by atoms with E-state index in [1.54, 1.807) is 0 Å². The van der Waals surface area contributed by atoms with Crippen LogP contribution in [0.5, 0.6) is 0 Å². The molecule has 0 nitrogen and oxygen atoms in total. The Hall–Kier alpha value is -2.24. The van der Waals surface area contributed by atoms with Gasteiger partial charge in [-0.25, -0.2) is 0 Å². The molecule has 0 N–H and O–H groups in total. The number of halogens is 6. The van der Waals surface area contributed by atoms with E-state index in [-0.39, 0.29) is 7.25 Å². The van der Waals surface area contributed by atoms with Crippen LogP contribution >= 0.6 is 17.0 Å². The van der Waals surface area contributed by atoms with Crippen LogP contribution in [0.3, 0.4) is 0 Å². The molecular weight excluding hydrogens is 675 g/mol. The van der Waals surface area contributed by atoms with Gasteiger partial charge in [0.15, 0.2) is 0 Å². The van der Waals surface area contributed by atoms with Crippen LogP contribution in [0.15, 0.2) is 83.9 Å². The summed E-state index contributed by atoms with van der Waals surface area (Å²) < 4.78 is 57.0. The summed E-state index contributed by atoms with van der Waals surface area (Å²) in [6, 6.07) is 18.8. The summed E-state index contributed by atoms with van der Waals surface area (Å²) in [4.78, 5) is 0. The van der Waals surface area contributed by atoms with Gasteiger partial charge in [0.25, 0.3) is 0 Å². The van der Waals surface area contributed by atoms with Gasteiger partial charge in [0.2, 0.25) is 0 Å². The van der Waals surface area contributed by atoms with Gasteiger partial charge in [-0.1, -0.05) is 0 Å². The second-order valence-electron chi connectivity index (χ2n) is 11.9. The maximum atomic E-state index is 15.0. The molecule has 0 radical (unpaired) electrons. The van der Waals surface area contributed by atoms with E-state index in [2.05, 4.69) is 25.2 Å². The van der Waals surface area contributed by atoms with Crippen LogP contribution in [-0.2, 0) is 15.6 Å². The van der Waals surface area contributed by atoms with E-state index in [0.717, 1.165) is 45.5 Å². The molecule has 0 amide bonds. The van der Waals surface area contributed by atoms with E-state index < -0.39 is 44.7 Å².